The van der Waals surface area contributed by atoms with Gasteiger partial charge in [0.1, 0.15) is 43.2 Å². The molecule has 1 rings (SSSR count). The van der Waals surface area contributed by atoms with E-state index in [1.807, 2.05) is 49.5 Å². The van der Waals surface area contributed by atoms with Gasteiger partial charge < -0.3 is 50.1 Å². The largest absolute Gasteiger partial charge is 0.472 e. The fourth-order valence-electron chi connectivity index (χ4n) is 6.13. The molecule has 67 heavy (non-hydrogen) atoms. The summed E-state index contributed by atoms with van der Waals surface area (Å²) in [6, 6.07) is 0. The number of phosphoric acid groups is 1. The number of aliphatic hydroxyl groups is 7. The molecule has 1 saturated carbocycles. The summed E-state index contributed by atoms with van der Waals surface area (Å²) in [5, 5.41) is 70.2. The van der Waals surface area contributed by atoms with Crippen LogP contribution in [0.1, 0.15) is 117 Å². The van der Waals surface area contributed by atoms with Gasteiger partial charge in [-0.05, 0) is 77.0 Å². The smallest absolute Gasteiger partial charge is 0.462 e. The van der Waals surface area contributed by atoms with E-state index in [9.17, 15) is 54.8 Å². The van der Waals surface area contributed by atoms with Crippen molar-refractivity contribution in [2.45, 2.75) is 172 Å². The van der Waals surface area contributed by atoms with E-state index < -0.39 is 87.9 Å². The Balaban J connectivity index is 2.61. The van der Waals surface area contributed by atoms with Crippen molar-refractivity contribution in [2.75, 3.05) is 13.2 Å². The summed E-state index contributed by atoms with van der Waals surface area (Å²) in [7, 11) is -5.19. The minimum atomic E-state index is -5.19. The van der Waals surface area contributed by atoms with Crippen molar-refractivity contribution in [1.82, 2.24) is 0 Å². The first-order chi connectivity index (χ1) is 32.2. The summed E-state index contributed by atoms with van der Waals surface area (Å²) in [5.41, 5.74) is 0. The first kappa shape index (κ1) is 61.2. The number of hydrogen-bond acceptors (Lipinski definition) is 14. The van der Waals surface area contributed by atoms with Crippen LogP contribution >= 0.6 is 7.82 Å². The van der Waals surface area contributed by atoms with E-state index in [0.29, 0.717) is 32.1 Å². The highest BCUT2D eigenvalue weighted by atomic mass is 31.2. The second kappa shape index (κ2) is 39.1. The van der Waals surface area contributed by atoms with Gasteiger partial charge in [0.25, 0.3) is 0 Å². The summed E-state index contributed by atoms with van der Waals surface area (Å²) in [5.74, 6) is -1.35. The van der Waals surface area contributed by atoms with Crippen molar-refractivity contribution >= 4 is 19.8 Å². The molecule has 1 fully saturated rings. The van der Waals surface area contributed by atoms with Gasteiger partial charge in [0, 0.05) is 12.8 Å². The standard InChI is InChI=1S/C51H79O15P/c1-3-5-7-8-9-10-11-12-13-14-15-16-17-18-19-23-31-37-44(54)63-39-43(40-64-67(61,62)66-51-49(59)47(57)46(56)48(58)50(51)60)65-45(55)38-32-24-21-20-22-28-34-42(53)36-30-26-25-29-35-41(52)33-27-6-4-2/h6,9-10,12-13,15-16,18-19,21-22,24-30,35-36,41-43,46-53,56-60H,3-5,7-8,11,14,17,20,23,31-34,37-40H2,1-2H3,(H,61,62)/b10-9-,13-12-,16-15-,19-18-,24-21-,26-25-,27-6-,28-22-,35-29+,36-30+/t41-,42+,43+,46?,47-,48+,49+,50+,51?/m0/s1. The van der Waals surface area contributed by atoms with Gasteiger partial charge in [0.15, 0.2) is 6.10 Å². The molecule has 0 radical (unpaired) electrons. The molecule has 0 aromatic heterocycles. The Hall–Kier alpha value is -3.83. The van der Waals surface area contributed by atoms with Gasteiger partial charge in [0.05, 0.1) is 18.8 Å². The Bertz CT molecular complexity index is 1660. The van der Waals surface area contributed by atoms with Crippen molar-refractivity contribution in [3.05, 3.63) is 122 Å². The third kappa shape index (κ3) is 31.8. The van der Waals surface area contributed by atoms with Crippen LogP contribution in [0.4, 0.5) is 0 Å². The number of phosphoric ester groups is 1. The second-order valence-electron chi connectivity index (χ2n) is 15.9. The van der Waals surface area contributed by atoms with Gasteiger partial charge in [0.2, 0.25) is 0 Å². The monoisotopic (exact) mass is 963 g/mol. The molecule has 0 aromatic carbocycles. The molecular weight excluding hydrogens is 884 g/mol. The van der Waals surface area contributed by atoms with Crippen molar-refractivity contribution in [1.29, 1.82) is 0 Å². The lowest BCUT2D eigenvalue weighted by molar-refractivity contribution is -0.220. The Morgan fingerprint density at radius 1 is 0.552 bits per heavy atom. The maximum absolute atomic E-state index is 12.8. The quantitative estimate of drug-likeness (QED) is 0.0101. The Kier molecular flexibility index (Phi) is 35.7. The Morgan fingerprint density at radius 3 is 1.57 bits per heavy atom. The average molecular weight is 963 g/mol. The Morgan fingerprint density at radius 2 is 1.03 bits per heavy atom. The van der Waals surface area contributed by atoms with Crippen molar-refractivity contribution in [3.63, 3.8) is 0 Å². The number of ether oxygens (including phenoxy) is 2. The molecule has 0 heterocycles. The van der Waals surface area contributed by atoms with Crippen LogP contribution in [0.5, 0.6) is 0 Å². The van der Waals surface area contributed by atoms with Gasteiger partial charge in [-0.3, -0.25) is 18.6 Å². The molecule has 10 atom stereocenters. The number of carbonyl (C=O) groups is 2. The summed E-state index contributed by atoms with van der Waals surface area (Å²) < 4.78 is 33.3. The molecule has 1 aliphatic rings. The first-order valence-corrected chi connectivity index (χ1v) is 25.1. The van der Waals surface area contributed by atoms with Crippen LogP contribution in [0.2, 0.25) is 0 Å². The van der Waals surface area contributed by atoms with E-state index in [4.69, 9.17) is 18.5 Å². The summed E-state index contributed by atoms with van der Waals surface area (Å²) in [6.07, 6.45) is 34.6. The number of rotatable bonds is 36. The lowest BCUT2D eigenvalue weighted by Crippen LogP contribution is -2.64. The van der Waals surface area contributed by atoms with Crippen LogP contribution in [0, 0.1) is 0 Å². The van der Waals surface area contributed by atoms with E-state index in [1.54, 1.807) is 42.5 Å². The van der Waals surface area contributed by atoms with Crippen molar-refractivity contribution < 1.29 is 73.3 Å². The lowest BCUT2D eigenvalue weighted by atomic mass is 9.85. The molecule has 0 aliphatic heterocycles. The molecule has 0 aromatic rings. The zero-order chi connectivity index (χ0) is 49.5. The predicted molar refractivity (Wildman–Crippen MR) is 260 cm³/mol. The molecule has 0 bridgehead atoms. The topological polar surface area (TPSA) is 250 Å². The SMILES string of the molecule is CC/C=C\C[C@H](O)/C=C/C=C\C=C\[C@H](O)C/C=C\C/C=C\CCC(=O)O[C@H](COC(=O)CCC/C=C\C/C=C\C/C=C\C/C=C\CCCCC)COP(=O)(O)OC1[C@H](O)[C@H](O)C(O)[C@H](O)[C@H]1O. The fourth-order valence-corrected chi connectivity index (χ4v) is 7.10. The number of allylic oxidation sites excluding steroid dienone is 16. The van der Waals surface area contributed by atoms with Crippen LogP contribution in [0.15, 0.2) is 122 Å². The Labute approximate surface area is 398 Å². The third-order valence-electron chi connectivity index (χ3n) is 9.97. The maximum Gasteiger partial charge on any atom is 0.472 e. The highest BCUT2D eigenvalue weighted by Gasteiger charge is 2.51. The highest BCUT2D eigenvalue weighted by molar-refractivity contribution is 7.47. The molecule has 1 aliphatic carbocycles. The van der Waals surface area contributed by atoms with E-state index >= 15 is 0 Å². The summed E-state index contributed by atoms with van der Waals surface area (Å²) >= 11 is 0. The molecule has 3 unspecified atom stereocenters. The van der Waals surface area contributed by atoms with Crippen LogP contribution in [-0.4, -0.2) is 121 Å². The number of aliphatic hydroxyl groups excluding tert-OH is 7. The summed E-state index contributed by atoms with van der Waals surface area (Å²) in [4.78, 5) is 35.7. The molecule has 15 nitrogen and oxygen atoms in total. The normalized spacial score (nSPS) is 23.2. The van der Waals surface area contributed by atoms with E-state index in [1.165, 1.54) is 19.3 Å². The van der Waals surface area contributed by atoms with Gasteiger partial charge in [-0.15, -0.1) is 0 Å². The number of esters is 2. The second-order valence-corrected chi connectivity index (χ2v) is 17.3. The minimum Gasteiger partial charge on any atom is -0.462 e. The number of hydrogen-bond donors (Lipinski definition) is 8. The fraction of sp³-hybridized carbons (Fsp3) is 0.569. The number of carbonyl (C=O) groups excluding carboxylic acids is 2. The predicted octanol–water partition coefficient (Wildman–Crippen LogP) is 7.33. The van der Waals surface area contributed by atoms with Crippen LogP contribution in [0.3, 0.4) is 0 Å². The van der Waals surface area contributed by atoms with Gasteiger partial charge >= 0.3 is 19.8 Å². The van der Waals surface area contributed by atoms with E-state index in [2.05, 4.69) is 43.4 Å². The molecule has 16 heteroatoms. The molecular formula is C51H79O15P. The zero-order valence-electron chi connectivity index (χ0n) is 39.4. The highest BCUT2D eigenvalue weighted by Crippen LogP contribution is 2.47. The molecule has 0 spiro atoms. The van der Waals surface area contributed by atoms with Crippen LogP contribution < -0.4 is 0 Å². The van der Waals surface area contributed by atoms with Gasteiger partial charge in [-0.25, -0.2) is 4.57 Å². The van der Waals surface area contributed by atoms with Crippen molar-refractivity contribution in [3.8, 4) is 0 Å². The third-order valence-corrected chi connectivity index (χ3v) is 11.0. The average Bonchev–Trinajstić information content (AvgIpc) is 3.30. The molecule has 8 N–H and O–H groups in total. The van der Waals surface area contributed by atoms with E-state index in [-0.39, 0.29) is 19.3 Å². The van der Waals surface area contributed by atoms with E-state index in [0.717, 1.165) is 32.1 Å². The lowest BCUT2D eigenvalue weighted by Gasteiger charge is -2.41. The molecule has 0 saturated heterocycles. The number of unbranched alkanes of at least 4 members (excludes halogenated alkanes) is 4. The van der Waals surface area contributed by atoms with Gasteiger partial charge in [-0.1, -0.05) is 148 Å². The maximum atomic E-state index is 12.8. The van der Waals surface area contributed by atoms with Crippen molar-refractivity contribution in [2.24, 2.45) is 0 Å². The minimum absolute atomic E-state index is 0.0451. The molecule has 0 amide bonds. The van der Waals surface area contributed by atoms with Crippen LogP contribution in [0.25, 0.3) is 0 Å². The molecule has 378 valence electrons. The first-order valence-electron chi connectivity index (χ1n) is 23.6. The summed E-state index contributed by atoms with van der Waals surface area (Å²) in [6.45, 7) is 2.87. The van der Waals surface area contributed by atoms with Gasteiger partial charge in [-0.2, -0.15) is 0 Å². The zero-order valence-corrected chi connectivity index (χ0v) is 40.2. The van der Waals surface area contributed by atoms with Crippen LogP contribution in [-0.2, 0) is 32.7 Å².